The smallest absolute Gasteiger partial charge is 0.387 e. The van der Waals surface area contributed by atoms with Gasteiger partial charge in [-0.15, -0.1) is 0 Å². The predicted molar refractivity (Wildman–Crippen MR) is 109 cm³/mol. The molecule has 2 aromatic carbocycles. The van der Waals surface area contributed by atoms with Gasteiger partial charge in [-0.1, -0.05) is 6.07 Å². The van der Waals surface area contributed by atoms with Crippen LogP contribution < -0.4 is 15.4 Å². The molecule has 1 fully saturated rings. The van der Waals surface area contributed by atoms with Crippen LogP contribution in [-0.4, -0.2) is 45.8 Å². The number of amides is 1. The van der Waals surface area contributed by atoms with Gasteiger partial charge < -0.3 is 15.4 Å². The van der Waals surface area contributed by atoms with Crippen LogP contribution >= 0.6 is 0 Å². The van der Waals surface area contributed by atoms with Crippen LogP contribution in [0.5, 0.6) is 5.75 Å². The number of rotatable bonds is 8. The van der Waals surface area contributed by atoms with E-state index in [9.17, 15) is 22.6 Å². The zero-order valence-electron chi connectivity index (χ0n) is 15.9. The topological polar surface area (TPSA) is 108 Å². The second-order valence-corrected chi connectivity index (χ2v) is 8.52. The fourth-order valence-electron chi connectivity index (χ4n) is 3.07. The Morgan fingerprint density at radius 2 is 2.00 bits per heavy atom. The zero-order chi connectivity index (χ0) is 21.9. The Labute approximate surface area is 173 Å². The van der Waals surface area contributed by atoms with E-state index in [0.29, 0.717) is 29.2 Å². The summed E-state index contributed by atoms with van der Waals surface area (Å²) in [5.41, 5.74) is 0.227. The van der Waals surface area contributed by atoms with Crippen LogP contribution in [0.1, 0.15) is 22.8 Å². The van der Waals surface area contributed by atoms with Crippen molar-refractivity contribution in [1.82, 2.24) is 5.32 Å². The van der Waals surface area contributed by atoms with Gasteiger partial charge in [0, 0.05) is 50.9 Å². The van der Waals surface area contributed by atoms with E-state index in [-0.39, 0.29) is 22.6 Å². The summed E-state index contributed by atoms with van der Waals surface area (Å²) in [5, 5.41) is 13.7. The highest BCUT2D eigenvalue weighted by molar-refractivity contribution is 7.86. The molecule has 158 valence electrons. The summed E-state index contributed by atoms with van der Waals surface area (Å²) >= 11 is 0. The Morgan fingerprint density at radius 3 is 2.63 bits per heavy atom. The van der Waals surface area contributed by atoms with Crippen molar-refractivity contribution in [3.63, 3.8) is 0 Å². The van der Waals surface area contributed by atoms with Crippen LogP contribution in [0.25, 0.3) is 0 Å². The van der Waals surface area contributed by atoms with Crippen LogP contribution in [0, 0.1) is 5.41 Å². The number of ether oxygens (including phenoxy) is 1. The van der Waals surface area contributed by atoms with Crippen molar-refractivity contribution in [3.05, 3.63) is 53.6 Å². The van der Waals surface area contributed by atoms with E-state index in [1.165, 1.54) is 36.4 Å². The molecule has 0 aromatic heterocycles. The number of hydrogen-bond acceptors (Lipinski definition) is 6. The lowest BCUT2D eigenvalue weighted by Gasteiger charge is -2.38. The monoisotopic (exact) mass is 435 g/mol. The number of aldehydes is 1. The van der Waals surface area contributed by atoms with Gasteiger partial charge in [0.25, 0.3) is 5.91 Å². The number of carbonyl (C=O) groups is 2. The largest absolute Gasteiger partial charge is 0.435 e. The van der Waals surface area contributed by atoms with E-state index >= 15 is 0 Å². The highest BCUT2D eigenvalue weighted by atomic mass is 32.2. The standard InChI is InChI=1S/C20H19F2N3O4S/c1-20(10-30(28)11-20)25-18(27)12-5-6-17(15(7-12)16(23)9-26)24-13-3-2-4-14(8-13)29-19(21)22/h2-9,19,23-24H,10-11H2,1H3,(H,25,27). The maximum absolute atomic E-state index is 12.6. The maximum atomic E-state index is 12.6. The Bertz CT molecular complexity index is 1020. The van der Waals surface area contributed by atoms with E-state index in [1.54, 1.807) is 13.0 Å². The molecule has 1 heterocycles. The van der Waals surface area contributed by atoms with Crippen molar-refractivity contribution in [2.75, 3.05) is 16.8 Å². The number of anilines is 2. The van der Waals surface area contributed by atoms with Gasteiger partial charge >= 0.3 is 6.61 Å². The molecule has 30 heavy (non-hydrogen) atoms. The zero-order valence-corrected chi connectivity index (χ0v) is 16.7. The summed E-state index contributed by atoms with van der Waals surface area (Å²) in [4.78, 5) is 23.8. The molecule has 0 saturated carbocycles. The average molecular weight is 435 g/mol. The van der Waals surface area contributed by atoms with Crippen molar-refractivity contribution < 1.29 is 27.3 Å². The Balaban J connectivity index is 1.85. The lowest BCUT2D eigenvalue weighted by atomic mass is 10.0. The quantitative estimate of drug-likeness (QED) is 0.437. The van der Waals surface area contributed by atoms with E-state index in [0.717, 1.165) is 0 Å². The molecule has 1 aliphatic heterocycles. The molecule has 1 saturated heterocycles. The Kier molecular flexibility index (Phi) is 6.25. The van der Waals surface area contributed by atoms with Crippen molar-refractivity contribution in [1.29, 1.82) is 5.41 Å². The van der Waals surface area contributed by atoms with E-state index in [1.807, 2.05) is 0 Å². The fraction of sp³-hybridized carbons (Fsp3) is 0.250. The molecule has 1 amide bonds. The first-order chi connectivity index (χ1) is 14.2. The molecule has 0 radical (unpaired) electrons. The number of halogens is 2. The molecule has 0 unspecified atom stereocenters. The molecule has 1 aliphatic rings. The van der Waals surface area contributed by atoms with Crippen molar-refractivity contribution >= 4 is 40.1 Å². The summed E-state index contributed by atoms with van der Waals surface area (Å²) in [6.07, 6.45) is 0.342. The second-order valence-electron chi connectivity index (χ2n) is 7.07. The third kappa shape index (κ3) is 5.07. The van der Waals surface area contributed by atoms with Gasteiger partial charge in [-0.2, -0.15) is 8.78 Å². The summed E-state index contributed by atoms with van der Waals surface area (Å²) in [5.74, 6) is 0.274. The summed E-state index contributed by atoms with van der Waals surface area (Å²) in [6, 6.07) is 10.3. The fourth-order valence-corrected chi connectivity index (χ4v) is 4.55. The lowest BCUT2D eigenvalue weighted by molar-refractivity contribution is -0.102. The van der Waals surface area contributed by atoms with E-state index < -0.39 is 28.9 Å². The van der Waals surface area contributed by atoms with Crippen LogP contribution in [0.2, 0.25) is 0 Å². The molecule has 3 rings (SSSR count). The molecule has 0 spiro atoms. The number of hydrogen-bond donors (Lipinski definition) is 3. The molecule has 2 aromatic rings. The third-order valence-electron chi connectivity index (χ3n) is 4.40. The Morgan fingerprint density at radius 1 is 1.27 bits per heavy atom. The van der Waals surface area contributed by atoms with Gasteiger partial charge in [0.15, 0.2) is 6.29 Å². The summed E-state index contributed by atoms with van der Waals surface area (Å²) in [7, 11) is -0.942. The van der Waals surface area contributed by atoms with Gasteiger partial charge in [-0.3, -0.25) is 19.2 Å². The van der Waals surface area contributed by atoms with Gasteiger partial charge in [0.1, 0.15) is 11.5 Å². The molecule has 7 nitrogen and oxygen atoms in total. The minimum Gasteiger partial charge on any atom is -0.435 e. The molecule has 0 atom stereocenters. The minimum absolute atomic E-state index is 0.0517. The first-order valence-electron chi connectivity index (χ1n) is 8.87. The first-order valence-corrected chi connectivity index (χ1v) is 10.4. The van der Waals surface area contributed by atoms with E-state index in [2.05, 4.69) is 15.4 Å². The van der Waals surface area contributed by atoms with Crippen molar-refractivity contribution in [2.45, 2.75) is 19.1 Å². The highest BCUT2D eigenvalue weighted by Crippen LogP contribution is 2.27. The number of benzene rings is 2. The molecular weight excluding hydrogens is 416 g/mol. The van der Waals surface area contributed by atoms with Gasteiger partial charge in [0.05, 0.1) is 5.54 Å². The predicted octanol–water partition coefficient (Wildman–Crippen LogP) is 2.85. The van der Waals surface area contributed by atoms with Crippen LogP contribution in [-0.2, 0) is 15.6 Å². The average Bonchev–Trinajstić information content (AvgIpc) is 2.66. The number of alkyl halides is 2. The molecule has 3 N–H and O–H groups in total. The third-order valence-corrected chi connectivity index (χ3v) is 6.32. The normalized spacial score (nSPS) is 20.2. The van der Waals surface area contributed by atoms with Crippen LogP contribution in [0.4, 0.5) is 20.2 Å². The van der Waals surface area contributed by atoms with Crippen molar-refractivity contribution in [3.8, 4) is 5.75 Å². The molecule has 0 aliphatic carbocycles. The SMILES string of the molecule is CC1(NC(=O)c2ccc(Nc3cccc(OC(F)F)c3)c(C(=N)C=O)c2)CS(=O)C1. The van der Waals surface area contributed by atoms with Gasteiger partial charge in [0.2, 0.25) is 0 Å². The lowest BCUT2D eigenvalue weighted by Crippen LogP contribution is -2.61. The highest BCUT2D eigenvalue weighted by Gasteiger charge is 2.39. The van der Waals surface area contributed by atoms with Crippen molar-refractivity contribution in [2.24, 2.45) is 0 Å². The van der Waals surface area contributed by atoms with Crippen LogP contribution in [0.15, 0.2) is 42.5 Å². The minimum atomic E-state index is -2.97. The van der Waals surface area contributed by atoms with E-state index in [4.69, 9.17) is 5.41 Å². The van der Waals surface area contributed by atoms with Gasteiger partial charge in [-0.05, 0) is 37.3 Å². The molecule has 10 heteroatoms. The second kappa shape index (κ2) is 8.70. The first kappa shape index (κ1) is 21.6. The molecule has 0 bridgehead atoms. The number of carbonyl (C=O) groups excluding carboxylic acids is 2. The van der Waals surface area contributed by atoms with Gasteiger partial charge in [-0.25, -0.2) is 0 Å². The Hall–Kier alpha value is -3.14. The maximum Gasteiger partial charge on any atom is 0.387 e. The summed E-state index contributed by atoms with van der Waals surface area (Å²) in [6.45, 7) is -1.17. The molecular formula is C20H19F2N3O4S. The number of nitrogens with one attached hydrogen (secondary N) is 3. The van der Waals surface area contributed by atoms with Crippen LogP contribution in [0.3, 0.4) is 0 Å². The summed E-state index contributed by atoms with van der Waals surface area (Å²) < 4.78 is 40.6.